The van der Waals surface area contributed by atoms with E-state index in [0.717, 1.165) is 0 Å². The van der Waals surface area contributed by atoms with Crippen molar-refractivity contribution in [3.8, 4) is 0 Å². The van der Waals surface area contributed by atoms with E-state index in [-0.39, 0.29) is 0 Å². The Morgan fingerprint density at radius 3 is 2.41 bits per heavy atom. The van der Waals surface area contributed by atoms with Crippen LogP contribution in [-0.2, 0) is 0 Å². The molecule has 3 aromatic carbocycles. The lowest BCUT2D eigenvalue weighted by Gasteiger charge is -2.11. The number of benzene rings is 3. The van der Waals surface area contributed by atoms with Crippen LogP contribution in [-0.4, -0.2) is 7.05 Å². The number of fused-ring (bicyclic) bond motifs is 2. The van der Waals surface area contributed by atoms with Crippen molar-refractivity contribution in [1.29, 1.82) is 0 Å². The van der Waals surface area contributed by atoms with Gasteiger partial charge in [0.1, 0.15) is 0 Å². The summed E-state index contributed by atoms with van der Waals surface area (Å²) in [6.45, 7) is 2.20. The van der Waals surface area contributed by atoms with Crippen LogP contribution in [0.15, 0.2) is 48.5 Å². The molecule has 0 amide bonds. The summed E-state index contributed by atoms with van der Waals surface area (Å²) < 4.78 is 0. The van der Waals surface area contributed by atoms with Gasteiger partial charge in [0.25, 0.3) is 0 Å². The van der Waals surface area contributed by atoms with Crippen LogP contribution >= 0.6 is 0 Å². The quantitative estimate of drug-likeness (QED) is 0.603. The van der Waals surface area contributed by atoms with Crippen molar-refractivity contribution in [3.63, 3.8) is 0 Å². The van der Waals surface area contributed by atoms with Gasteiger partial charge in [0.15, 0.2) is 0 Å². The van der Waals surface area contributed by atoms with Gasteiger partial charge in [0, 0.05) is 18.1 Å². The Balaban J connectivity index is 2.54. The third kappa shape index (κ3) is 1.47. The van der Waals surface area contributed by atoms with Crippen LogP contribution in [0.3, 0.4) is 0 Å². The van der Waals surface area contributed by atoms with E-state index < -0.39 is 0 Å². The van der Waals surface area contributed by atoms with E-state index in [2.05, 4.69) is 60.8 Å². The van der Waals surface area contributed by atoms with Gasteiger partial charge < -0.3 is 5.32 Å². The predicted octanol–water partition coefficient (Wildman–Crippen LogP) is 4.34. The van der Waals surface area contributed by atoms with Crippen LogP contribution in [0, 0.1) is 6.92 Å². The van der Waals surface area contributed by atoms with Crippen molar-refractivity contribution in [1.82, 2.24) is 0 Å². The summed E-state index contributed by atoms with van der Waals surface area (Å²) in [5.74, 6) is 0. The standard InChI is InChI=1S/C16H15N/c1-11-13-7-4-3-6-12(13)10-15-14(11)8-5-9-16(15)17-2/h3-10,17H,1-2H3. The van der Waals surface area contributed by atoms with E-state index in [1.165, 1.54) is 32.8 Å². The van der Waals surface area contributed by atoms with Crippen LogP contribution < -0.4 is 5.32 Å². The number of hydrogen-bond donors (Lipinski definition) is 1. The molecule has 1 heteroatoms. The highest BCUT2D eigenvalue weighted by atomic mass is 14.8. The minimum absolute atomic E-state index is 1.19. The van der Waals surface area contributed by atoms with Gasteiger partial charge in [-0.25, -0.2) is 0 Å². The first-order chi connectivity index (χ1) is 8.31. The average molecular weight is 221 g/mol. The van der Waals surface area contributed by atoms with E-state index >= 15 is 0 Å². The Kier molecular flexibility index (Phi) is 2.25. The molecule has 0 saturated heterocycles. The number of aryl methyl sites for hydroxylation is 1. The number of nitrogens with one attached hydrogen (secondary N) is 1. The van der Waals surface area contributed by atoms with Crippen molar-refractivity contribution in [2.24, 2.45) is 0 Å². The molecular weight excluding hydrogens is 206 g/mol. The van der Waals surface area contributed by atoms with Gasteiger partial charge >= 0.3 is 0 Å². The van der Waals surface area contributed by atoms with Crippen molar-refractivity contribution in [2.75, 3.05) is 12.4 Å². The molecule has 0 aliphatic carbocycles. The third-order valence-corrected chi connectivity index (χ3v) is 3.44. The molecule has 0 aromatic heterocycles. The van der Waals surface area contributed by atoms with Gasteiger partial charge in [-0.2, -0.15) is 0 Å². The fourth-order valence-electron chi connectivity index (χ4n) is 2.53. The second-order valence-corrected chi connectivity index (χ2v) is 4.37. The molecule has 1 nitrogen and oxygen atoms in total. The Labute approximate surface area is 101 Å². The molecule has 0 heterocycles. The number of anilines is 1. The summed E-state index contributed by atoms with van der Waals surface area (Å²) in [5.41, 5.74) is 2.55. The smallest absolute Gasteiger partial charge is 0.0417 e. The largest absolute Gasteiger partial charge is 0.388 e. The summed E-state index contributed by atoms with van der Waals surface area (Å²) in [4.78, 5) is 0. The average Bonchev–Trinajstić information content (AvgIpc) is 2.38. The maximum absolute atomic E-state index is 3.26. The topological polar surface area (TPSA) is 12.0 Å². The maximum Gasteiger partial charge on any atom is 0.0417 e. The lowest BCUT2D eigenvalue weighted by Crippen LogP contribution is -1.91. The molecule has 0 radical (unpaired) electrons. The van der Waals surface area contributed by atoms with Gasteiger partial charge in [0.2, 0.25) is 0 Å². The van der Waals surface area contributed by atoms with E-state index in [0.29, 0.717) is 0 Å². The Morgan fingerprint density at radius 2 is 1.59 bits per heavy atom. The first-order valence-corrected chi connectivity index (χ1v) is 5.90. The molecule has 0 aliphatic heterocycles. The molecule has 17 heavy (non-hydrogen) atoms. The first-order valence-electron chi connectivity index (χ1n) is 5.90. The fraction of sp³-hybridized carbons (Fsp3) is 0.125. The monoisotopic (exact) mass is 221 g/mol. The van der Waals surface area contributed by atoms with Gasteiger partial charge in [-0.15, -0.1) is 0 Å². The van der Waals surface area contributed by atoms with E-state index in [4.69, 9.17) is 0 Å². The third-order valence-electron chi connectivity index (χ3n) is 3.44. The minimum Gasteiger partial charge on any atom is -0.388 e. The zero-order chi connectivity index (χ0) is 11.8. The highest BCUT2D eigenvalue weighted by molar-refractivity contribution is 6.06. The molecule has 0 spiro atoms. The molecular formula is C16H15N. The van der Waals surface area contributed by atoms with Crippen LogP contribution in [0.2, 0.25) is 0 Å². The van der Waals surface area contributed by atoms with Gasteiger partial charge in [-0.3, -0.25) is 0 Å². The summed E-state index contributed by atoms with van der Waals surface area (Å²) in [5, 5.41) is 8.54. The second kappa shape index (κ2) is 3.77. The molecule has 0 atom stereocenters. The van der Waals surface area contributed by atoms with Gasteiger partial charge in [0.05, 0.1) is 0 Å². The molecule has 0 fully saturated rings. The van der Waals surface area contributed by atoms with E-state index in [1.807, 2.05) is 7.05 Å². The summed E-state index contributed by atoms with van der Waals surface area (Å²) in [6, 6.07) is 17.2. The minimum atomic E-state index is 1.19. The lowest BCUT2D eigenvalue weighted by atomic mass is 9.97. The van der Waals surface area contributed by atoms with Gasteiger partial charge in [-0.1, -0.05) is 36.4 Å². The Hall–Kier alpha value is -2.02. The first kappa shape index (κ1) is 10.2. The van der Waals surface area contributed by atoms with Crippen LogP contribution in [0.1, 0.15) is 5.56 Å². The SMILES string of the molecule is CNc1cccc2c(C)c3ccccc3cc12. The van der Waals surface area contributed by atoms with Crippen molar-refractivity contribution in [3.05, 3.63) is 54.1 Å². The predicted molar refractivity (Wildman–Crippen MR) is 75.7 cm³/mol. The van der Waals surface area contributed by atoms with E-state index in [9.17, 15) is 0 Å². The molecule has 1 N–H and O–H groups in total. The van der Waals surface area contributed by atoms with Crippen LogP contribution in [0.5, 0.6) is 0 Å². The van der Waals surface area contributed by atoms with E-state index in [1.54, 1.807) is 0 Å². The normalized spacial score (nSPS) is 10.9. The molecule has 0 unspecified atom stereocenters. The number of rotatable bonds is 1. The zero-order valence-electron chi connectivity index (χ0n) is 10.1. The summed E-state index contributed by atoms with van der Waals surface area (Å²) >= 11 is 0. The lowest BCUT2D eigenvalue weighted by molar-refractivity contribution is 1.53. The molecule has 3 rings (SSSR count). The fourth-order valence-corrected chi connectivity index (χ4v) is 2.53. The van der Waals surface area contributed by atoms with Crippen molar-refractivity contribution >= 4 is 27.2 Å². The molecule has 3 aromatic rings. The molecule has 0 saturated carbocycles. The second-order valence-electron chi connectivity index (χ2n) is 4.37. The highest BCUT2D eigenvalue weighted by Crippen LogP contribution is 2.31. The van der Waals surface area contributed by atoms with Crippen molar-refractivity contribution < 1.29 is 0 Å². The highest BCUT2D eigenvalue weighted by Gasteiger charge is 2.05. The number of hydrogen-bond acceptors (Lipinski definition) is 1. The van der Waals surface area contributed by atoms with Crippen molar-refractivity contribution in [2.45, 2.75) is 6.92 Å². The Morgan fingerprint density at radius 1 is 0.824 bits per heavy atom. The summed E-state index contributed by atoms with van der Waals surface area (Å²) in [7, 11) is 1.97. The summed E-state index contributed by atoms with van der Waals surface area (Å²) in [6.07, 6.45) is 0. The van der Waals surface area contributed by atoms with Gasteiger partial charge in [-0.05, 0) is 40.8 Å². The molecule has 84 valence electrons. The Bertz CT molecular complexity index is 698. The molecule has 0 bridgehead atoms. The molecule has 0 aliphatic rings. The maximum atomic E-state index is 3.26. The van der Waals surface area contributed by atoms with Crippen LogP contribution in [0.4, 0.5) is 5.69 Å². The van der Waals surface area contributed by atoms with Crippen LogP contribution in [0.25, 0.3) is 21.5 Å². The zero-order valence-corrected chi connectivity index (χ0v) is 10.1.